The predicted octanol–water partition coefficient (Wildman–Crippen LogP) is 2.17. The summed E-state index contributed by atoms with van der Waals surface area (Å²) in [6.07, 6.45) is 0.532. The second-order valence-electron chi connectivity index (χ2n) is 6.49. The summed E-state index contributed by atoms with van der Waals surface area (Å²) in [5, 5.41) is 3.28. The summed E-state index contributed by atoms with van der Waals surface area (Å²) >= 11 is 0. The highest BCUT2D eigenvalue weighted by Gasteiger charge is 2.25. The van der Waals surface area contributed by atoms with Crippen LogP contribution in [-0.4, -0.2) is 62.8 Å². The van der Waals surface area contributed by atoms with Crippen LogP contribution < -0.4 is 10.2 Å². The van der Waals surface area contributed by atoms with Crippen LogP contribution in [0.3, 0.4) is 0 Å². The molecule has 0 saturated carbocycles. The van der Waals surface area contributed by atoms with Crippen LogP contribution in [0.2, 0.25) is 0 Å². The number of amides is 1. The Hall–Kier alpha value is -1.01. The zero-order valence-corrected chi connectivity index (χ0v) is 16.6. The number of hydrogen-bond acceptors (Lipinski definition) is 4. The number of nitrogens with zero attached hydrogens (tertiary/aromatic N) is 2. The Kier molecular flexibility index (Phi) is 9.00. The summed E-state index contributed by atoms with van der Waals surface area (Å²) in [6.45, 7) is 10.1. The second-order valence-corrected chi connectivity index (χ2v) is 6.49. The normalized spacial score (nSPS) is 20.5. The van der Waals surface area contributed by atoms with Gasteiger partial charge in [-0.25, -0.2) is 0 Å². The minimum absolute atomic E-state index is 0. The number of rotatable bonds is 3. The van der Waals surface area contributed by atoms with Crippen LogP contribution in [0.4, 0.5) is 5.69 Å². The van der Waals surface area contributed by atoms with Crippen LogP contribution in [0.5, 0.6) is 0 Å². The van der Waals surface area contributed by atoms with Gasteiger partial charge < -0.3 is 19.9 Å². The second kappa shape index (κ2) is 10.2. The van der Waals surface area contributed by atoms with E-state index in [2.05, 4.69) is 42.3 Å². The van der Waals surface area contributed by atoms with Crippen molar-refractivity contribution >= 4 is 36.4 Å². The molecule has 5 nitrogen and oxygen atoms in total. The highest BCUT2D eigenvalue weighted by atomic mass is 35.5. The first-order valence-corrected chi connectivity index (χ1v) is 8.56. The van der Waals surface area contributed by atoms with Crippen LogP contribution in [0.25, 0.3) is 0 Å². The summed E-state index contributed by atoms with van der Waals surface area (Å²) in [6, 6.07) is 6.45. The number of piperazine rings is 1. The molecule has 1 amide bonds. The predicted molar refractivity (Wildman–Crippen MR) is 106 cm³/mol. The fraction of sp³-hybridized carbons (Fsp3) is 0.611. The molecule has 3 rings (SSSR count). The molecule has 142 valence electrons. The maximum Gasteiger partial charge on any atom is 0.225 e. The molecule has 1 aromatic carbocycles. The smallest absolute Gasteiger partial charge is 0.225 e. The van der Waals surface area contributed by atoms with E-state index < -0.39 is 0 Å². The fourth-order valence-electron chi connectivity index (χ4n) is 3.35. The molecule has 1 N–H and O–H groups in total. The standard InChI is InChI=1S/C18H27N3O2.2ClH/c1-14-4-3-5-17(15(14)2)20-7-9-21(10-8-20)18(22)12-16-13-19-6-11-23-16;;/h3-5,16,19H,6-13H2,1-2H3;2*1H. The lowest BCUT2D eigenvalue weighted by Gasteiger charge is -2.37. The van der Waals surface area contributed by atoms with Gasteiger partial charge in [0.25, 0.3) is 0 Å². The average Bonchev–Trinajstić information content (AvgIpc) is 2.58. The van der Waals surface area contributed by atoms with E-state index in [9.17, 15) is 4.79 Å². The Bertz CT molecular complexity index is 557. The number of carbonyl (C=O) groups excluding carboxylic acids is 1. The molecule has 0 aromatic heterocycles. The molecule has 0 radical (unpaired) electrons. The molecule has 2 fully saturated rings. The lowest BCUT2D eigenvalue weighted by Crippen LogP contribution is -2.50. The van der Waals surface area contributed by atoms with Crippen LogP contribution >= 0.6 is 24.8 Å². The minimum atomic E-state index is 0. The van der Waals surface area contributed by atoms with Gasteiger partial charge in [0.15, 0.2) is 0 Å². The summed E-state index contributed by atoms with van der Waals surface area (Å²) in [5.74, 6) is 0.222. The first-order valence-electron chi connectivity index (χ1n) is 8.56. The molecule has 1 aromatic rings. The third kappa shape index (κ3) is 5.48. The number of halogens is 2. The number of morpholine rings is 1. The first kappa shape index (κ1) is 22.0. The average molecular weight is 390 g/mol. The highest BCUT2D eigenvalue weighted by molar-refractivity contribution is 5.85. The summed E-state index contributed by atoms with van der Waals surface area (Å²) < 4.78 is 5.64. The topological polar surface area (TPSA) is 44.8 Å². The Morgan fingerprint density at radius 2 is 1.92 bits per heavy atom. The molecule has 2 aliphatic rings. The summed E-state index contributed by atoms with van der Waals surface area (Å²) in [4.78, 5) is 16.8. The van der Waals surface area contributed by atoms with Gasteiger partial charge in [0.2, 0.25) is 5.91 Å². The van der Waals surface area contributed by atoms with E-state index in [-0.39, 0.29) is 36.8 Å². The Labute approximate surface area is 162 Å². The van der Waals surface area contributed by atoms with Crippen molar-refractivity contribution in [2.24, 2.45) is 0 Å². The van der Waals surface area contributed by atoms with Crippen molar-refractivity contribution in [2.75, 3.05) is 50.8 Å². The van der Waals surface area contributed by atoms with Gasteiger partial charge in [-0.15, -0.1) is 24.8 Å². The third-order valence-corrected chi connectivity index (χ3v) is 4.96. The Morgan fingerprint density at radius 1 is 1.20 bits per heavy atom. The van der Waals surface area contributed by atoms with Crippen molar-refractivity contribution in [1.29, 1.82) is 0 Å². The van der Waals surface area contributed by atoms with Crippen molar-refractivity contribution in [3.8, 4) is 0 Å². The molecule has 2 saturated heterocycles. The van der Waals surface area contributed by atoms with E-state index in [1.165, 1.54) is 16.8 Å². The van der Waals surface area contributed by atoms with Gasteiger partial charge >= 0.3 is 0 Å². The van der Waals surface area contributed by atoms with Crippen LogP contribution in [0.1, 0.15) is 17.5 Å². The van der Waals surface area contributed by atoms with E-state index in [0.717, 1.165) is 39.3 Å². The van der Waals surface area contributed by atoms with E-state index in [1.807, 2.05) is 4.90 Å². The van der Waals surface area contributed by atoms with Crippen molar-refractivity contribution in [2.45, 2.75) is 26.4 Å². The lowest BCUT2D eigenvalue weighted by atomic mass is 10.1. The van der Waals surface area contributed by atoms with Gasteiger partial charge in [-0.3, -0.25) is 4.79 Å². The molecule has 0 bridgehead atoms. The summed E-state index contributed by atoms with van der Waals surface area (Å²) in [7, 11) is 0. The molecular weight excluding hydrogens is 361 g/mol. The number of ether oxygens (including phenoxy) is 1. The number of carbonyl (C=O) groups is 1. The monoisotopic (exact) mass is 389 g/mol. The van der Waals surface area contributed by atoms with Gasteiger partial charge in [0.05, 0.1) is 19.1 Å². The minimum Gasteiger partial charge on any atom is -0.375 e. The molecule has 7 heteroatoms. The zero-order valence-electron chi connectivity index (χ0n) is 15.0. The number of benzene rings is 1. The maximum absolute atomic E-state index is 12.4. The zero-order chi connectivity index (χ0) is 16.2. The molecule has 0 aliphatic carbocycles. The quantitative estimate of drug-likeness (QED) is 0.860. The number of hydrogen-bond donors (Lipinski definition) is 1. The van der Waals surface area contributed by atoms with Gasteiger partial charge in [-0.2, -0.15) is 0 Å². The lowest BCUT2D eigenvalue weighted by molar-refractivity contribution is -0.135. The van der Waals surface area contributed by atoms with Crippen molar-refractivity contribution in [1.82, 2.24) is 10.2 Å². The van der Waals surface area contributed by atoms with Crippen LogP contribution in [-0.2, 0) is 9.53 Å². The van der Waals surface area contributed by atoms with Crippen LogP contribution in [0, 0.1) is 13.8 Å². The largest absolute Gasteiger partial charge is 0.375 e. The van der Waals surface area contributed by atoms with Crippen LogP contribution in [0.15, 0.2) is 18.2 Å². The molecule has 2 aliphatic heterocycles. The first-order chi connectivity index (χ1) is 11.1. The van der Waals surface area contributed by atoms with Gasteiger partial charge in [-0.1, -0.05) is 12.1 Å². The molecule has 1 atom stereocenters. The maximum atomic E-state index is 12.4. The van der Waals surface area contributed by atoms with E-state index in [1.54, 1.807) is 0 Å². The SMILES string of the molecule is Cc1cccc(N2CCN(C(=O)CC3CNCCO3)CC2)c1C.Cl.Cl. The van der Waals surface area contributed by atoms with Gasteiger partial charge in [0.1, 0.15) is 0 Å². The Balaban J connectivity index is 0.00000156. The van der Waals surface area contributed by atoms with Crippen molar-refractivity contribution in [3.63, 3.8) is 0 Å². The van der Waals surface area contributed by atoms with Gasteiger partial charge in [-0.05, 0) is 31.0 Å². The fourth-order valence-corrected chi connectivity index (χ4v) is 3.35. The Morgan fingerprint density at radius 3 is 2.56 bits per heavy atom. The highest BCUT2D eigenvalue weighted by Crippen LogP contribution is 2.24. The molecule has 25 heavy (non-hydrogen) atoms. The van der Waals surface area contributed by atoms with E-state index >= 15 is 0 Å². The third-order valence-electron chi connectivity index (χ3n) is 4.96. The van der Waals surface area contributed by atoms with Gasteiger partial charge in [0, 0.05) is 45.0 Å². The number of nitrogens with one attached hydrogen (secondary N) is 1. The molecule has 1 unspecified atom stereocenters. The van der Waals surface area contributed by atoms with Crippen molar-refractivity contribution < 1.29 is 9.53 Å². The molecule has 0 spiro atoms. The van der Waals surface area contributed by atoms with E-state index in [4.69, 9.17) is 4.74 Å². The molecule has 2 heterocycles. The van der Waals surface area contributed by atoms with Crippen molar-refractivity contribution in [3.05, 3.63) is 29.3 Å². The number of anilines is 1. The number of aryl methyl sites for hydroxylation is 1. The molecular formula is C18H29Cl2N3O2. The van der Waals surface area contributed by atoms with E-state index in [0.29, 0.717) is 13.0 Å². The summed E-state index contributed by atoms with van der Waals surface area (Å²) in [5.41, 5.74) is 3.97.